The number of methoxy groups -OCH3 is 3. The van der Waals surface area contributed by atoms with Gasteiger partial charge in [-0.2, -0.15) is 0 Å². The van der Waals surface area contributed by atoms with Crippen molar-refractivity contribution in [3.63, 3.8) is 0 Å². The highest BCUT2D eigenvalue weighted by Crippen LogP contribution is 2.40. The summed E-state index contributed by atoms with van der Waals surface area (Å²) in [6, 6.07) is 15.6. The lowest BCUT2D eigenvalue weighted by molar-refractivity contribution is 0.102. The van der Waals surface area contributed by atoms with Crippen molar-refractivity contribution in [2.75, 3.05) is 26.6 Å². The zero-order valence-electron chi connectivity index (χ0n) is 19.4. The average Bonchev–Trinajstić information content (AvgIpc) is 2.85. The number of anilines is 1. The molecule has 4 rings (SSSR count). The molecule has 1 amide bonds. The van der Waals surface area contributed by atoms with E-state index in [0.29, 0.717) is 35.0 Å². The van der Waals surface area contributed by atoms with E-state index in [0.717, 1.165) is 5.56 Å². The lowest BCUT2D eigenvalue weighted by Crippen LogP contribution is -2.26. The highest BCUT2D eigenvalue weighted by Gasteiger charge is 2.19. The van der Waals surface area contributed by atoms with Crippen LogP contribution in [0.2, 0.25) is 0 Å². The Morgan fingerprint density at radius 2 is 1.60 bits per heavy atom. The summed E-state index contributed by atoms with van der Waals surface area (Å²) in [7, 11) is 4.40. The third-order valence-electron chi connectivity index (χ3n) is 5.33. The maximum atomic E-state index is 13.2. The maximum Gasteiger partial charge on any atom is 0.261 e. The van der Waals surface area contributed by atoms with E-state index in [1.165, 1.54) is 33.6 Å². The molecule has 2 aromatic carbocycles. The molecule has 4 aromatic rings. The van der Waals surface area contributed by atoms with Gasteiger partial charge in [0.2, 0.25) is 16.7 Å². The lowest BCUT2D eigenvalue weighted by Gasteiger charge is -2.16. The topological polar surface area (TPSA) is 143 Å². The van der Waals surface area contributed by atoms with Gasteiger partial charge in [-0.3, -0.25) is 14.4 Å². The molecule has 0 atom stereocenters. The van der Waals surface area contributed by atoms with Crippen LogP contribution in [-0.4, -0.2) is 42.3 Å². The fraction of sp³-hybridized carbons (Fsp3) is 0.160. The molecular weight excluding hydrogens is 454 g/mol. The minimum absolute atomic E-state index is 0. The van der Waals surface area contributed by atoms with Crippen LogP contribution in [0.1, 0.15) is 15.9 Å². The first kappa shape index (κ1) is 25.1. The average molecular weight is 479 g/mol. The van der Waals surface area contributed by atoms with Gasteiger partial charge < -0.3 is 34.6 Å². The second-order valence-electron chi connectivity index (χ2n) is 7.44. The van der Waals surface area contributed by atoms with Crippen LogP contribution in [0.25, 0.3) is 11.0 Å². The summed E-state index contributed by atoms with van der Waals surface area (Å²) in [6.45, 7) is 0.397. The summed E-state index contributed by atoms with van der Waals surface area (Å²) >= 11 is 0. The number of carbonyl (C=O) groups is 1. The molecule has 2 heterocycles. The molecule has 182 valence electrons. The highest BCUT2D eigenvalue weighted by atomic mass is 16.5. The van der Waals surface area contributed by atoms with Crippen LogP contribution in [0, 0.1) is 0 Å². The van der Waals surface area contributed by atoms with E-state index in [1.807, 2.05) is 30.3 Å². The third kappa shape index (κ3) is 5.02. The highest BCUT2D eigenvalue weighted by molar-refractivity contribution is 6.05. The Hall–Kier alpha value is -4.57. The molecule has 0 fully saturated rings. The standard InChI is InChI=1S/C25H23N3O6.H2O/c1-32-19-11-16(12-20(33-2)24(19)34-3)26-25(31)17-14-28(13-15-7-5-4-6-8-15)18-9-10-21(29)27-22(18)23(17)30;/h4-12,14H,13H2,1-3H3,(H,26,31)(H,27,29);1H2. The maximum absolute atomic E-state index is 13.2. The molecule has 0 saturated heterocycles. The number of carbonyl (C=O) groups excluding carboxylic acids is 1. The van der Waals surface area contributed by atoms with Gasteiger partial charge >= 0.3 is 0 Å². The number of hydrogen-bond donors (Lipinski definition) is 2. The molecule has 10 heteroatoms. The van der Waals surface area contributed by atoms with Crippen molar-refractivity contribution in [2.45, 2.75) is 6.54 Å². The van der Waals surface area contributed by atoms with Gasteiger partial charge in [-0.25, -0.2) is 0 Å². The molecule has 0 radical (unpaired) electrons. The monoisotopic (exact) mass is 479 g/mol. The van der Waals surface area contributed by atoms with Crippen LogP contribution >= 0.6 is 0 Å². The molecule has 2 aromatic heterocycles. The molecule has 0 saturated carbocycles. The van der Waals surface area contributed by atoms with E-state index >= 15 is 0 Å². The summed E-state index contributed by atoms with van der Waals surface area (Å²) in [5.74, 6) is 0.423. The predicted octanol–water partition coefficient (Wildman–Crippen LogP) is 2.19. The van der Waals surface area contributed by atoms with Crippen molar-refractivity contribution in [3.05, 3.63) is 92.5 Å². The Kier molecular flexibility index (Phi) is 7.57. The molecule has 0 spiro atoms. The summed E-state index contributed by atoms with van der Waals surface area (Å²) < 4.78 is 17.7. The van der Waals surface area contributed by atoms with Gasteiger partial charge in [0.1, 0.15) is 11.1 Å². The van der Waals surface area contributed by atoms with E-state index in [1.54, 1.807) is 22.8 Å². The van der Waals surface area contributed by atoms with Crippen molar-refractivity contribution >= 4 is 22.6 Å². The summed E-state index contributed by atoms with van der Waals surface area (Å²) in [5, 5.41) is 2.71. The number of amides is 1. The van der Waals surface area contributed by atoms with Crippen LogP contribution in [0.3, 0.4) is 0 Å². The fourth-order valence-electron chi connectivity index (χ4n) is 3.72. The zero-order chi connectivity index (χ0) is 24.2. The van der Waals surface area contributed by atoms with E-state index < -0.39 is 16.9 Å². The van der Waals surface area contributed by atoms with E-state index in [9.17, 15) is 14.4 Å². The number of aromatic amines is 1. The number of fused-ring (bicyclic) bond motifs is 1. The Bertz CT molecular complexity index is 1450. The van der Waals surface area contributed by atoms with Gasteiger partial charge in [0.05, 0.1) is 26.8 Å². The molecule has 0 aliphatic carbocycles. The number of pyridine rings is 2. The Morgan fingerprint density at radius 3 is 2.20 bits per heavy atom. The normalized spacial score (nSPS) is 10.4. The number of hydrogen-bond acceptors (Lipinski definition) is 6. The van der Waals surface area contributed by atoms with E-state index in [-0.39, 0.29) is 16.6 Å². The van der Waals surface area contributed by atoms with Crippen LogP contribution in [0.4, 0.5) is 5.69 Å². The Balaban J connectivity index is 0.00000342. The van der Waals surface area contributed by atoms with E-state index in [2.05, 4.69) is 10.3 Å². The summed E-state index contributed by atoms with van der Waals surface area (Å²) in [4.78, 5) is 40.8. The second kappa shape index (κ2) is 10.6. The lowest BCUT2D eigenvalue weighted by atomic mass is 10.1. The largest absolute Gasteiger partial charge is 0.493 e. The quantitative estimate of drug-likeness (QED) is 0.416. The van der Waals surface area contributed by atoms with Crippen molar-refractivity contribution in [3.8, 4) is 17.2 Å². The first-order chi connectivity index (χ1) is 16.4. The summed E-state index contributed by atoms with van der Waals surface area (Å²) in [6.07, 6.45) is 1.49. The van der Waals surface area contributed by atoms with Crippen molar-refractivity contribution in [2.24, 2.45) is 0 Å². The predicted molar refractivity (Wildman–Crippen MR) is 132 cm³/mol. The van der Waals surface area contributed by atoms with Gasteiger partial charge in [0.15, 0.2) is 11.5 Å². The van der Waals surface area contributed by atoms with Crippen molar-refractivity contribution in [1.82, 2.24) is 9.55 Å². The number of nitrogens with one attached hydrogen (secondary N) is 2. The van der Waals surface area contributed by atoms with E-state index in [4.69, 9.17) is 14.2 Å². The first-order valence-electron chi connectivity index (χ1n) is 10.4. The summed E-state index contributed by atoms with van der Waals surface area (Å²) in [5.41, 5.74) is 0.739. The van der Waals surface area contributed by atoms with Gasteiger partial charge in [0.25, 0.3) is 5.91 Å². The second-order valence-corrected chi connectivity index (χ2v) is 7.44. The van der Waals surface area contributed by atoms with Gasteiger partial charge in [0, 0.05) is 36.6 Å². The first-order valence-corrected chi connectivity index (χ1v) is 10.4. The third-order valence-corrected chi connectivity index (χ3v) is 5.33. The molecule has 0 unspecified atom stereocenters. The number of aromatic nitrogens is 2. The number of nitrogens with zero attached hydrogens (tertiary/aromatic N) is 1. The molecule has 4 N–H and O–H groups in total. The van der Waals surface area contributed by atoms with Crippen LogP contribution in [0.5, 0.6) is 17.2 Å². The van der Waals surface area contributed by atoms with Gasteiger partial charge in [-0.15, -0.1) is 0 Å². The van der Waals surface area contributed by atoms with Gasteiger partial charge in [-0.05, 0) is 11.6 Å². The number of benzene rings is 2. The Labute approximate surface area is 200 Å². The SMILES string of the molecule is COc1cc(NC(=O)c2cn(Cc3ccccc3)c3ccc(=O)[nH]c3c2=O)cc(OC)c1OC.O. The molecular formula is C25H25N3O7. The minimum Gasteiger partial charge on any atom is -0.493 e. The molecule has 0 bridgehead atoms. The zero-order valence-corrected chi connectivity index (χ0v) is 19.4. The molecule has 0 aliphatic heterocycles. The number of ether oxygens (including phenoxy) is 3. The van der Waals surface area contributed by atoms with Crippen LogP contribution < -0.4 is 30.5 Å². The van der Waals surface area contributed by atoms with Crippen LogP contribution in [0.15, 0.2) is 70.4 Å². The minimum atomic E-state index is -0.646. The van der Waals surface area contributed by atoms with Crippen molar-refractivity contribution < 1.29 is 24.5 Å². The number of H-pyrrole nitrogens is 1. The van der Waals surface area contributed by atoms with Gasteiger partial charge in [-0.1, -0.05) is 30.3 Å². The van der Waals surface area contributed by atoms with Crippen molar-refractivity contribution in [1.29, 1.82) is 0 Å². The molecule has 10 nitrogen and oxygen atoms in total. The number of rotatable bonds is 7. The molecule has 35 heavy (non-hydrogen) atoms. The van der Waals surface area contributed by atoms with Crippen LogP contribution in [-0.2, 0) is 6.54 Å². The molecule has 0 aliphatic rings. The smallest absolute Gasteiger partial charge is 0.261 e. The fourth-order valence-corrected chi connectivity index (χ4v) is 3.72. The Morgan fingerprint density at radius 1 is 0.943 bits per heavy atom.